The predicted octanol–water partition coefficient (Wildman–Crippen LogP) is 1.22. The molecule has 2 amide bonds. The fourth-order valence-corrected chi connectivity index (χ4v) is 1.35. The van der Waals surface area contributed by atoms with Crippen LogP contribution in [0.4, 0.5) is 10.5 Å². The first kappa shape index (κ1) is 9.98. The Kier molecular flexibility index (Phi) is 2.60. The van der Waals surface area contributed by atoms with Crippen molar-refractivity contribution in [2.45, 2.75) is 25.4 Å². The van der Waals surface area contributed by atoms with Crippen molar-refractivity contribution in [2.24, 2.45) is 5.73 Å². The van der Waals surface area contributed by atoms with Crippen LogP contribution in [0.2, 0.25) is 0 Å². The van der Waals surface area contributed by atoms with Crippen LogP contribution in [0.5, 0.6) is 0 Å². The van der Waals surface area contributed by atoms with Crippen LogP contribution in [0.1, 0.15) is 12.0 Å². The highest BCUT2D eigenvalue weighted by Gasteiger charge is 2.34. The number of rotatable bonds is 2. The van der Waals surface area contributed by atoms with Crippen molar-refractivity contribution < 1.29 is 4.79 Å². The molecular weight excluding hydrogens is 190 g/mol. The number of hydrogen-bond donors (Lipinski definition) is 3. The molecule has 0 saturated heterocycles. The molecule has 1 saturated carbocycles. The number of carbonyl (C=O) groups is 1. The summed E-state index contributed by atoms with van der Waals surface area (Å²) >= 11 is 0. The molecule has 2 rings (SSSR count). The fourth-order valence-electron chi connectivity index (χ4n) is 1.35. The highest BCUT2D eigenvalue weighted by atomic mass is 16.2. The van der Waals surface area contributed by atoms with Gasteiger partial charge in [0.2, 0.25) is 0 Å². The van der Waals surface area contributed by atoms with Crippen LogP contribution in [0.15, 0.2) is 24.3 Å². The van der Waals surface area contributed by atoms with E-state index in [0.29, 0.717) is 0 Å². The van der Waals surface area contributed by atoms with Crippen molar-refractivity contribution in [3.05, 3.63) is 29.8 Å². The fraction of sp³-hybridized carbons (Fsp3) is 0.364. The minimum Gasteiger partial charge on any atom is -0.334 e. The third kappa shape index (κ3) is 2.70. The van der Waals surface area contributed by atoms with E-state index in [1.54, 1.807) is 0 Å². The molecule has 4 nitrogen and oxygen atoms in total. The SMILES string of the molecule is Cc1ccc(NC(=O)NC2CC2N)cc1. The minimum atomic E-state index is -0.184. The number of nitrogens with two attached hydrogens (primary N) is 1. The maximum Gasteiger partial charge on any atom is 0.319 e. The molecule has 80 valence electrons. The predicted molar refractivity (Wildman–Crippen MR) is 59.7 cm³/mol. The smallest absolute Gasteiger partial charge is 0.319 e. The second-order valence-electron chi connectivity index (χ2n) is 3.97. The van der Waals surface area contributed by atoms with E-state index in [1.807, 2.05) is 31.2 Å². The van der Waals surface area contributed by atoms with Gasteiger partial charge in [0.05, 0.1) is 0 Å². The largest absolute Gasteiger partial charge is 0.334 e. The van der Waals surface area contributed by atoms with Crippen molar-refractivity contribution in [2.75, 3.05) is 5.32 Å². The Balaban J connectivity index is 1.85. The molecule has 1 fully saturated rings. The Morgan fingerprint density at radius 2 is 2.00 bits per heavy atom. The molecular formula is C11H15N3O. The lowest BCUT2D eigenvalue weighted by Crippen LogP contribution is -2.33. The van der Waals surface area contributed by atoms with Gasteiger partial charge in [-0.3, -0.25) is 0 Å². The van der Waals surface area contributed by atoms with Crippen LogP contribution in [0, 0.1) is 6.92 Å². The first-order valence-corrected chi connectivity index (χ1v) is 5.05. The Morgan fingerprint density at radius 3 is 2.53 bits per heavy atom. The molecule has 0 aromatic heterocycles. The average Bonchev–Trinajstić information content (AvgIpc) is 2.86. The molecule has 0 spiro atoms. The molecule has 0 bridgehead atoms. The molecule has 4 heteroatoms. The van der Waals surface area contributed by atoms with Crippen molar-refractivity contribution in [1.82, 2.24) is 5.32 Å². The molecule has 0 aliphatic heterocycles. The maximum atomic E-state index is 11.4. The molecule has 2 atom stereocenters. The number of aryl methyl sites for hydroxylation is 1. The summed E-state index contributed by atoms with van der Waals surface area (Å²) in [5.74, 6) is 0. The zero-order valence-electron chi connectivity index (χ0n) is 8.66. The van der Waals surface area contributed by atoms with Gasteiger partial charge in [0.25, 0.3) is 0 Å². The molecule has 4 N–H and O–H groups in total. The molecule has 0 radical (unpaired) electrons. The van der Waals surface area contributed by atoms with E-state index in [1.165, 1.54) is 5.56 Å². The number of benzene rings is 1. The number of nitrogens with one attached hydrogen (secondary N) is 2. The van der Waals surface area contributed by atoms with E-state index in [-0.39, 0.29) is 18.1 Å². The van der Waals surface area contributed by atoms with E-state index in [9.17, 15) is 4.79 Å². The molecule has 1 aliphatic carbocycles. The molecule has 1 aromatic carbocycles. The second kappa shape index (κ2) is 3.90. The lowest BCUT2D eigenvalue weighted by Gasteiger charge is -2.06. The van der Waals surface area contributed by atoms with Crippen LogP contribution in [0.25, 0.3) is 0 Å². The van der Waals surface area contributed by atoms with Crippen LogP contribution < -0.4 is 16.4 Å². The van der Waals surface area contributed by atoms with E-state index < -0.39 is 0 Å². The standard InChI is InChI=1S/C11H15N3O/c1-7-2-4-8(5-3-7)13-11(15)14-10-6-9(10)12/h2-5,9-10H,6,12H2,1H3,(H2,13,14,15). The Labute approximate surface area is 88.9 Å². The van der Waals surface area contributed by atoms with Crippen molar-refractivity contribution >= 4 is 11.7 Å². The van der Waals surface area contributed by atoms with Crippen LogP contribution in [-0.2, 0) is 0 Å². The van der Waals surface area contributed by atoms with Gasteiger partial charge in [-0.1, -0.05) is 17.7 Å². The van der Waals surface area contributed by atoms with Crippen LogP contribution in [-0.4, -0.2) is 18.1 Å². The van der Waals surface area contributed by atoms with Gasteiger partial charge < -0.3 is 16.4 Å². The molecule has 0 heterocycles. The summed E-state index contributed by atoms with van der Waals surface area (Å²) in [5, 5.41) is 5.55. The lowest BCUT2D eigenvalue weighted by atomic mass is 10.2. The maximum absolute atomic E-state index is 11.4. The van der Waals surface area contributed by atoms with Gasteiger partial charge in [-0.05, 0) is 25.5 Å². The van der Waals surface area contributed by atoms with E-state index >= 15 is 0 Å². The van der Waals surface area contributed by atoms with E-state index in [2.05, 4.69) is 10.6 Å². The van der Waals surface area contributed by atoms with E-state index in [4.69, 9.17) is 5.73 Å². The van der Waals surface area contributed by atoms with Gasteiger partial charge in [-0.15, -0.1) is 0 Å². The first-order valence-electron chi connectivity index (χ1n) is 5.05. The third-order valence-corrected chi connectivity index (χ3v) is 2.47. The minimum absolute atomic E-state index is 0.133. The zero-order valence-corrected chi connectivity index (χ0v) is 8.66. The molecule has 15 heavy (non-hydrogen) atoms. The Morgan fingerprint density at radius 1 is 1.40 bits per heavy atom. The molecule has 1 aromatic rings. The highest BCUT2D eigenvalue weighted by Crippen LogP contribution is 2.18. The summed E-state index contributed by atoms with van der Waals surface area (Å²) in [7, 11) is 0. The zero-order chi connectivity index (χ0) is 10.8. The van der Waals surface area contributed by atoms with Crippen molar-refractivity contribution in [3.8, 4) is 0 Å². The summed E-state index contributed by atoms with van der Waals surface area (Å²) in [6, 6.07) is 7.77. The number of anilines is 1. The van der Waals surface area contributed by atoms with Gasteiger partial charge >= 0.3 is 6.03 Å². The van der Waals surface area contributed by atoms with Crippen molar-refractivity contribution in [1.29, 1.82) is 0 Å². The normalized spacial score (nSPS) is 23.3. The van der Waals surface area contributed by atoms with Gasteiger partial charge in [0.1, 0.15) is 0 Å². The van der Waals surface area contributed by atoms with Crippen LogP contribution >= 0.6 is 0 Å². The first-order chi connectivity index (χ1) is 7.15. The van der Waals surface area contributed by atoms with Crippen molar-refractivity contribution in [3.63, 3.8) is 0 Å². The summed E-state index contributed by atoms with van der Waals surface area (Å²) in [4.78, 5) is 11.4. The Bertz CT molecular complexity index is 361. The van der Waals surface area contributed by atoms with E-state index in [0.717, 1.165) is 12.1 Å². The monoisotopic (exact) mass is 205 g/mol. The van der Waals surface area contributed by atoms with Gasteiger partial charge in [-0.2, -0.15) is 0 Å². The number of hydrogen-bond acceptors (Lipinski definition) is 2. The van der Waals surface area contributed by atoms with Gasteiger partial charge in [-0.25, -0.2) is 4.79 Å². The highest BCUT2D eigenvalue weighted by molar-refractivity contribution is 5.89. The molecule has 2 unspecified atom stereocenters. The van der Waals surface area contributed by atoms with Crippen LogP contribution in [0.3, 0.4) is 0 Å². The number of urea groups is 1. The van der Waals surface area contributed by atoms with Gasteiger partial charge in [0, 0.05) is 17.8 Å². The quantitative estimate of drug-likeness (QED) is 0.679. The summed E-state index contributed by atoms with van der Waals surface area (Å²) in [5.41, 5.74) is 7.56. The second-order valence-corrected chi connectivity index (χ2v) is 3.97. The average molecular weight is 205 g/mol. The number of amides is 2. The summed E-state index contributed by atoms with van der Waals surface area (Å²) < 4.78 is 0. The lowest BCUT2D eigenvalue weighted by molar-refractivity contribution is 0.251. The third-order valence-electron chi connectivity index (χ3n) is 2.47. The molecule has 1 aliphatic rings. The van der Waals surface area contributed by atoms with Gasteiger partial charge in [0.15, 0.2) is 0 Å². The summed E-state index contributed by atoms with van der Waals surface area (Å²) in [6.45, 7) is 2.01. The number of carbonyl (C=O) groups excluding carboxylic acids is 1. The summed E-state index contributed by atoms with van der Waals surface area (Å²) in [6.07, 6.45) is 0.876. The topological polar surface area (TPSA) is 67.2 Å². The Hall–Kier alpha value is -1.55.